The Kier molecular flexibility index (Phi) is 5.30. The molecule has 0 bridgehead atoms. The average molecular weight is 367 g/mol. The van der Waals surface area contributed by atoms with Crippen molar-refractivity contribution in [2.75, 3.05) is 26.2 Å². The van der Waals surface area contributed by atoms with Gasteiger partial charge in [-0.3, -0.25) is 4.79 Å². The van der Waals surface area contributed by atoms with Crippen molar-refractivity contribution in [1.29, 1.82) is 0 Å². The van der Waals surface area contributed by atoms with E-state index in [-0.39, 0.29) is 12.0 Å². The van der Waals surface area contributed by atoms with Gasteiger partial charge in [0.2, 0.25) is 0 Å². The number of amides is 1. The quantitative estimate of drug-likeness (QED) is 0.826. The zero-order valence-electron chi connectivity index (χ0n) is 16.4. The highest BCUT2D eigenvalue weighted by Gasteiger charge is 2.23. The molecule has 1 aromatic carbocycles. The molecule has 5 nitrogen and oxygen atoms in total. The number of aromatic nitrogens is 1. The van der Waals surface area contributed by atoms with Crippen molar-refractivity contribution >= 4 is 16.8 Å². The smallest absolute Gasteiger partial charge is 0.272 e. The van der Waals surface area contributed by atoms with E-state index in [9.17, 15) is 4.79 Å². The molecule has 1 amide bonds. The molecule has 2 fully saturated rings. The van der Waals surface area contributed by atoms with Crippen LogP contribution in [0.5, 0.6) is 5.75 Å². The van der Waals surface area contributed by atoms with Crippen molar-refractivity contribution in [1.82, 2.24) is 14.8 Å². The van der Waals surface area contributed by atoms with E-state index >= 15 is 0 Å². The van der Waals surface area contributed by atoms with Crippen LogP contribution in [0.1, 0.15) is 50.0 Å². The van der Waals surface area contributed by atoms with Gasteiger partial charge in [0.05, 0.1) is 5.52 Å². The van der Waals surface area contributed by atoms with E-state index in [4.69, 9.17) is 4.74 Å². The maximum atomic E-state index is 12.5. The van der Waals surface area contributed by atoms with E-state index in [1.165, 1.54) is 0 Å². The van der Waals surface area contributed by atoms with Crippen LogP contribution in [-0.2, 0) is 0 Å². The molecule has 0 aliphatic carbocycles. The van der Waals surface area contributed by atoms with Crippen molar-refractivity contribution in [2.45, 2.75) is 51.7 Å². The molecule has 5 heteroatoms. The van der Waals surface area contributed by atoms with Crippen molar-refractivity contribution in [2.24, 2.45) is 0 Å². The highest BCUT2D eigenvalue weighted by Crippen LogP contribution is 2.24. The molecule has 0 radical (unpaired) electrons. The van der Waals surface area contributed by atoms with Gasteiger partial charge in [0.1, 0.15) is 17.5 Å². The number of hydrogen-bond donors (Lipinski definition) is 0. The number of rotatable bonds is 4. The molecule has 27 heavy (non-hydrogen) atoms. The third-order valence-corrected chi connectivity index (χ3v) is 5.78. The SMILES string of the molecule is CC(C)N1CCC(Oc2ccc3nc(C(=O)N4CCCC4)ccc3c2)CC1. The Labute approximate surface area is 161 Å². The van der Waals surface area contributed by atoms with Gasteiger partial charge in [0, 0.05) is 37.6 Å². The molecule has 2 aromatic rings. The Morgan fingerprint density at radius 3 is 2.52 bits per heavy atom. The van der Waals surface area contributed by atoms with Gasteiger partial charge in [-0.25, -0.2) is 4.98 Å². The van der Waals surface area contributed by atoms with Gasteiger partial charge in [-0.2, -0.15) is 0 Å². The molecule has 0 unspecified atom stereocenters. The molecule has 2 aliphatic rings. The van der Waals surface area contributed by atoms with E-state index in [1.54, 1.807) is 0 Å². The summed E-state index contributed by atoms with van der Waals surface area (Å²) in [6.45, 7) is 8.39. The molecule has 0 spiro atoms. The van der Waals surface area contributed by atoms with Crippen LogP contribution in [0, 0.1) is 0 Å². The second-order valence-corrected chi connectivity index (χ2v) is 8.00. The molecular weight excluding hydrogens is 338 g/mol. The first kappa shape index (κ1) is 18.2. The van der Waals surface area contributed by atoms with E-state index < -0.39 is 0 Å². The minimum atomic E-state index is 0.0478. The second-order valence-electron chi connectivity index (χ2n) is 8.00. The van der Waals surface area contributed by atoms with Gasteiger partial charge in [-0.15, -0.1) is 0 Å². The first-order chi connectivity index (χ1) is 13.1. The lowest BCUT2D eigenvalue weighted by Gasteiger charge is -2.34. The lowest BCUT2D eigenvalue weighted by atomic mass is 10.1. The number of piperidine rings is 1. The molecule has 4 rings (SSSR count). The predicted octanol–water partition coefficient (Wildman–Crippen LogP) is 3.72. The van der Waals surface area contributed by atoms with Gasteiger partial charge < -0.3 is 14.5 Å². The Morgan fingerprint density at radius 2 is 1.81 bits per heavy atom. The third-order valence-electron chi connectivity index (χ3n) is 5.78. The van der Waals surface area contributed by atoms with Crippen LogP contribution in [0.3, 0.4) is 0 Å². The fraction of sp³-hybridized carbons (Fsp3) is 0.545. The first-order valence-electron chi connectivity index (χ1n) is 10.2. The Morgan fingerprint density at radius 1 is 1.07 bits per heavy atom. The molecule has 0 atom stereocenters. The van der Waals surface area contributed by atoms with Crippen LogP contribution in [0.2, 0.25) is 0 Å². The van der Waals surface area contributed by atoms with E-state index in [0.29, 0.717) is 11.7 Å². The van der Waals surface area contributed by atoms with Crippen molar-refractivity contribution in [3.63, 3.8) is 0 Å². The standard InChI is InChI=1S/C22H29N3O2/c1-16(2)24-13-9-18(10-14-24)27-19-6-8-20-17(15-19)5-7-21(23-20)22(26)25-11-3-4-12-25/h5-8,15-16,18H,3-4,9-14H2,1-2H3. The number of carbonyl (C=O) groups is 1. The number of likely N-dealkylation sites (tertiary alicyclic amines) is 2. The van der Waals surface area contributed by atoms with Crippen LogP contribution in [0.4, 0.5) is 0 Å². The zero-order valence-corrected chi connectivity index (χ0v) is 16.4. The van der Waals surface area contributed by atoms with Crippen molar-refractivity contribution < 1.29 is 9.53 Å². The van der Waals surface area contributed by atoms with E-state index in [0.717, 1.165) is 68.5 Å². The Hall–Kier alpha value is -2.14. The summed E-state index contributed by atoms with van der Waals surface area (Å²) in [4.78, 5) is 21.5. The maximum Gasteiger partial charge on any atom is 0.272 e. The van der Waals surface area contributed by atoms with Gasteiger partial charge in [0.15, 0.2) is 0 Å². The number of ether oxygens (including phenoxy) is 1. The van der Waals surface area contributed by atoms with Crippen LogP contribution >= 0.6 is 0 Å². The van der Waals surface area contributed by atoms with Gasteiger partial charge in [0.25, 0.3) is 5.91 Å². The fourth-order valence-corrected chi connectivity index (χ4v) is 4.08. The number of pyridine rings is 1. The lowest BCUT2D eigenvalue weighted by molar-refractivity contribution is 0.0787. The number of carbonyl (C=O) groups excluding carboxylic acids is 1. The summed E-state index contributed by atoms with van der Waals surface area (Å²) < 4.78 is 6.22. The minimum absolute atomic E-state index is 0.0478. The number of hydrogen-bond acceptors (Lipinski definition) is 4. The van der Waals surface area contributed by atoms with Gasteiger partial charge >= 0.3 is 0 Å². The Balaban J connectivity index is 1.43. The van der Waals surface area contributed by atoms with E-state index in [2.05, 4.69) is 23.7 Å². The van der Waals surface area contributed by atoms with Crippen molar-refractivity contribution in [3.05, 3.63) is 36.0 Å². The van der Waals surface area contributed by atoms with E-state index in [1.807, 2.05) is 35.2 Å². The molecular formula is C22H29N3O2. The highest BCUT2D eigenvalue weighted by atomic mass is 16.5. The molecule has 3 heterocycles. The van der Waals surface area contributed by atoms with Crippen LogP contribution in [0.15, 0.2) is 30.3 Å². The van der Waals surface area contributed by atoms with Gasteiger partial charge in [-0.05, 0) is 63.8 Å². The summed E-state index contributed by atoms with van der Waals surface area (Å²) in [7, 11) is 0. The van der Waals surface area contributed by atoms with Crippen LogP contribution < -0.4 is 4.74 Å². The number of nitrogens with zero attached hydrogens (tertiary/aromatic N) is 3. The number of fused-ring (bicyclic) bond motifs is 1. The molecule has 0 saturated carbocycles. The maximum absolute atomic E-state index is 12.5. The minimum Gasteiger partial charge on any atom is -0.490 e. The summed E-state index contributed by atoms with van der Waals surface area (Å²) in [6, 6.07) is 10.4. The predicted molar refractivity (Wildman–Crippen MR) is 107 cm³/mol. The molecule has 2 aliphatic heterocycles. The highest BCUT2D eigenvalue weighted by molar-refractivity contribution is 5.95. The third kappa shape index (κ3) is 4.08. The fourth-order valence-electron chi connectivity index (χ4n) is 4.08. The zero-order chi connectivity index (χ0) is 18.8. The molecule has 1 aromatic heterocycles. The Bertz CT molecular complexity index is 806. The summed E-state index contributed by atoms with van der Waals surface area (Å²) in [6.07, 6.45) is 4.60. The average Bonchev–Trinajstić information content (AvgIpc) is 3.22. The van der Waals surface area contributed by atoms with Gasteiger partial charge in [-0.1, -0.05) is 6.07 Å². The monoisotopic (exact) mass is 367 g/mol. The summed E-state index contributed by atoms with van der Waals surface area (Å²) in [5.41, 5.74) is 1.39. The van der Waals surface area contributed by atoms with Crippen molar-refractivity contribution in [3.8, 4) is 5.75 Å². The lowest BCUT2D eigenvalue weighted by Crippen LogP contribution is -2.41. The largest absolute Gasteiger partial charge is 0.490 e. The molecule has 2 saturated heterocycles. The van der Waals surface area contributed by atoms with Crippen LogP contribution in [0.25, 0.3) is 10.9 Å². The topological polar surface area (TPSA) is 45.7 Å². The van der Waals surface area contributed by atoms with Crippen LogP contribution in [-0.4, -0.2) is 59.0 Å². The number of benzene rings is 1. The second kappa shape index (κ2) is 7.85. The first-order valence-corrected chi connectivity index (χ1v) is 10.2. The molecule has 0 N–H and O–H groups in total. The normalized spacial score (nSPS) is 19.1. The summed E-state index contributed by atoms with van der Waals surface area (Å²) >= 11 is 0. The summed E-state index contributed by atoms with van der Waals surface area (Å²) in [5.74, 6) is 0.942. The summed E-state index contributed by atoms with van der Waals surface area (Å²) in [5, 5.41) is 1.02. The molecule has 144 valence electrons.